The lowest BCUT2D eigenvalue weighted by molar-refractivity contribution is 0.200. The van der Waals surface area contributed by atoms with E-state index in [-0.39, 0.29) is 6.03 Å². The number of aromatic nitrogens is 1. The highest BCUT2D eigenvalue weighted by atomic mass is 16.5. The lowest BCUT2D eigenvalue weighted by Gasteiger charge is -2.26. The van der Waals surface area contributed by atoms with Crippen LogP contribution in [0.15, 0.2) is 4.52 Å². The summed E-state index contributed by atoms with van der Waals surface area (Å²) < 4.78 is 5.00. The van der Waals surface area contributed by atoms with Crippen molar-refractivity contribution < 1.29 is 9.32 Å². The van der Waals surface area contributed by atoms with Crippen molar-refractivity contribution >= 4 is 11.7 Å². The first-order chi connectivity index (χ1) is 7.68. The summed E-state index contributed by atoms with van der Waals surface area (Å²) in [5.74, 6) is 0.655. The van der Waals surface area contributed by atoms with Gasteiger partial charge in [0.2, 0.25) is 0 Å². The highest BCUT2D eigenvalue weighted by Crippen LogP contribution is 2.19. The van der Waals surface area contributed by atoms with Crippen molar-refractivity contribution in [3.05, 3.63) is 11.5 Å². The van der Waals surface area contributed by atoms with Crippen LogP contribution in [0, 0.1) is 13.8 Å². The van der Waals surface area contributed by atoms with Gasteiger partial charge in [-0.2, -0.15) is 0 Å². The van der Waals surface area contributed by atoms with Crippen molar-refractivity contribution in [3.63, 3.8) is 0 Å². The summed E-state index contributed by atoms with van der Waals surface area (Å²) in [4.78, 5) is 13.8. The van der Waals surface area contributed by atoms with Gasteiger partial charge in [-0.15, -0.1) is 0 Å². The van der Waals surface area contributed by atoms with E-state index in [1.165, 1.54) is 6.42 Å². The molecule has 1 aromatic rings. The van der Waals surface area contributed by atoms with Gasteiger partial charge in [-0.05, 0) is 33.1 Å². The first-order valence-corrected chi connectivity index (χ1v) is 5.67. The van der Waals surface area contributed by atoms with Crippen LogP contribution >= 0.6 is 0 Å². The van der Waals surface area contributed by atoms with Gasteiger partial charge in [-0.1, -0.05) is 5.16 Å². The molecule has 5 nitrogen and oxygen atoms in total. The van der Waals surface area contributed by atoms with Crippen LogP contribution in [0.5, 0.6) is 0 Å². The molecule has 1 fully saturated rings. The van der Waals surface area contributed by atoms with Gasteiger partial charge in [-0.3, -0.25) is 0 Å². The summed E-state index contributed by atoms with van der Waals surface area (Å²) >= 11 is 0. The molecule has 1 saturated heterocycles. The number of anilines is 1. The van der Waals surface area contributed by atoms with E-state index in [9.17, 15) is 4.79 Å². The number of amides is 2. The fourth-order valence-electron chi connectivity index (χ4n) is 1.94. The molecule has 2 amide bonds. The molecule has 0 saturated carbocycles. The minimum atomic E-state index is -0.0471. The van der Waals surface area contributed by atoms with E-state index >= 15 is 0 Å². The van der Waals surface area contributed by atoms with E-state index < -0.39 is 0 Å². The minimum Gasteiger partial charge on any atom is -0.359 e. The first-order valence-electron chi connectivity index (χ1n) is 5.67. The quantitative estimate of drug-likeness (QED) is 0.794. The van der Waals surface area contributed by atoms with Crippen LogP contribution in [0.4, 0.5) is 10.5 Å². The minimum absolute atomic E-state index is 0.0471. The Morgan fingerprint density at radius 3 is 2.56 bits per heavy atom. The molecule has 0 aromatic carbocycles. The predicted octanol–water partition coefficient (Wildman–Crippen LogP) is 2.31. The maximum Gasteiger partial charge on any atom is 0.321 e. The van der Waals surface area contributed by atoms with Crippen LogP contribution in [0.25, 0.3) is 0 Å². The maximum absolute atomic E-state index is 11.9. The van der Waals surface area contributed by atoms with Crippen molar-refractivity contribution in [1.82, 2.24) is 10.1 Å². The van der Waals surface area contributed by atoms with E-state index in [1.54, 1.807) is 6.92 Å². The van der Waals surface area contributed by atoms with Crippen LogP contribution in [-0.2, 0) is 0 Å². The van der Waals surface area contributed by atoms with E-state index in [0.29, 0.717) is 11.4 Å². The number of carbonyl (C=O) groups excluding carboxylic acids is 1. The summed E-state index contributed by atoms with van der Waals surface area (Å²) in [6, 6.07) is -0.0471. The van der Waals surface area contributed by atoms with Crippen LogP contribution in [0.2, 0.25) is 0 Å². The van der Waals surface area contributed by atoms with Gasteiger partial charge in [0.25, 0.3) is 0 Å². The molecule has 0 bridgehead atoms. The van der Waals surface area contributed by atoms with Crippen molar-refractivity contribution in [2.75, 3.05) is 18.4 Å². The molecule has 88 valence electrons. The monoisotopic (exact) mass is 223 g/mol. The number of nitrogens with one attached hydrogen (secondary N) is 1. The highest BCUT2D eigenvalue weighted by molar-refractivity contribution is 5.90. The average molecular weight is 223 g/mol. The SMILES string of the molecule is Cc1noc(C)c1NC(=O)N1CCCCC1. The van der Waals surface area contributed by atoms with E-state index in [0.717, 1.165) is 31.6 Å². The number of carbonyl (C=O) groups is 1. The van der Waals surface area contributed by atoms with Gasteiger partial charge in [0.1, 0.15) is 11.4 Å². The number of nitrogens with zero attached hydrogens (tertiary/aromatic N) is 2. The third kappa shape index (κ3) is 2.18. The maximum atomic E-state index is 11.9. The standard InChI is InChI=1S/C11H17N3O2/c1-8-10(9(2)16-13-8)12-11(15)14-6-4-3-5-7-14/h3-7H2,1-2H3,(H,12,15). The lowest BCUT2D eigenvalue weighted by atomic mass is 10.1. The fourth-order valence-corrected chi connectivity index (χ4v) is 1.94. The molecular weight excluding hydrogens is 206 g/mol. The summed E-state index contributed by atoms with van der Waals surface area (Å²) in [5, 5.41) is 6.67. The van der Waals surface area contributed by atoms with Gasteiger partial charge in [0, 0.05) is 13.1 Å². The molecule has 1 N–H and O–H groups in total. The van der Waals surface area contributed by atoms with Crippen LogP contribution in [-0.4, -0.2) is 29.2 Å². The van der Waals surface area contributed by atoms with Gasteiger partial charge in [0.05, 0.1) is 0 Å². The zero-order valence-electron chi connectivity index (χ0n) is 9.75. The van der Waals surface area contributed by atoms with E-state index in [2.05, 4.69) is 10.5 Å². The van der Waals surface area contributed by atoms with Crippen molar-refractivity contribution in [2.45, 2.75) is 33.1 Å². The Balaban J connectivity index is 2.01. The second-order valence-electron chi connectivity index (χ2n) is 4.18. The van der Waals surface area contributed by atoms with Crippen molar-refractivity contribution in [1.29, 1.82) is 0 Å². The largest absolute Gasteiger partial charge is 0.359 e. The second-order valence-corrected chi connectivity index (χ2v) is 4.18. The van der Waals surface area contributed by atoms with Gasteiger partial charge in [-0.25, -0.2) is 4.79 Å². The summed E-state index contributed by atoms with van der Waals surface area (Å²) in [7, 11) is 0. The van der Waals surface area contributed by atoms with Crippen LogP contribution in [0.1, 0.15) is 30.7 Å². The Labute approximate surface area is 94.8 Å². The Kier molecular flexibility index (Phi) is 3.12. The predicted molar refractivity (Wildman–Crippen MR) is 60.4 cm³/mol. The number of aryl methyl sites for hydroxylation is 2. The Morgan fingerprint density at radius 2 is 2.00 bits per heavy atom. The number of urea groups is 1. The van der Waals surface area contributed by atoms with E-state index in [4.69, 9.17) is 4.52 Å². The molecule has 0 atom stereocenters. The van der Waals surface area contributed by atoms with Crippen molar-refractivity contribution in [3.8, 4) is 0 Å². The van der Waals surface area contributed by atoms with Crippen LogP contribution < -0.4 is 5.32 Å². The van der Waals surface area contributed by atoms with Gasteiger partial charge >= 0.3 is 6.03 Å². The van der Waals surface area contributed by atoms with Crippen molar-refractivity contribution in [2.24, 2.45) is 0 Å². The number of hydrogen-bond acceptors (Lipinski definition) is 3. The summed E-state index contributed by atoms with van der Waals surface area (Å²) in [6.07, 6.45) is 3.40. The molecule has 0 unspecified atom stereocenters. The van der Waals surface area contributed by atoms with E-state index in [1.807, 2.05) is 11.8 Å². The molecule has 0 spiro atoms. The molecule has 2 heterocycles. The average Bonchev–Trinajstić information content (AvgIpc) is 2.62. The number of likely N-dealkylation sites (tertiary alicyclic amines) is 1. The smallest absolute Gasteiger partial charge is 0.321 e. The third-order valence-electron chi connectivity index (χ3n) is 2.91. The van der Waals surface area contributed by atoms with Gasteiger partial charge in [0.15, 0.2) is 5.76 Å². The molecule has 1 aromatic heterocycles. The molecule has 5 heteroatoms. The normalized spacial score (nSPS) is 16.2. The number of piperidine rings is 1. The molecular formula is C11H17N3O2. The topological polar surface area (TPSA) is 58.4 Å². The number of rotatable bonds is 1. The summed E-state index contributed by atoms with van der Waals surface area (Å²) in [6.45, 7) is 5.30. The number of hydrogen-bond donors (Lipinski definition) is 1. The Morgan fingerprint density at radius 1 is 1.31 bits per heavy atom. The zero-order valence-corrected chi connectivity index (χ0v) is 9.75. The van der Waals surface area contributed by atoms with Crippen LogP contribution in [0.3, 0.4) is 0 Å². The molecule has 1 aliphatic rings. The van der Waals surface area contributed by atoms with Gasteiger partial charge < -0.3 is 14.7 Å². The summed E-state index contributed by atoms with van der Waals surface area (Å²) in [5.41, 5.74) is 1.43. The molecule has 0 radical (unpaired) electrons. The Bertz CT molecular complexity index is 361. The first kappa shape index (κ1) is 11.0. The highest BCUT2D eigenvalue weighted by Gasteiger charge is 2.19. The molecule has 1 aliphatic heterocycles. The molecule has 0 aliphatic carbocycles. The Hall–Kier alpha value is -1.52. The molecule has 2 rings (SSSR count). The lowest BCUT2D eigenvalue weighted by Crippen LogP contribution is -2.38. The fraction of sp³-hybridized carbons (Fsp3) is 0.636. The third-order valence-corrected chi connectivity index (χ3v) is 2.91. The molecule has 16 heavy (non-hydrogen) atoms. The second kappa shape index (κ2) is 4.55. The zero-order chi connectivity index (χ0) is 11.5.